The number of carbonyl (C=O) groups is 1. The van der Waals surface area contributed by atoms with Crippen LogP contribution in [0.15, 0.2) is 72.9 Å². The maximum Gasteiger partial charge on any atom is 0.321 e. The predicted octanol–water partition coefficient (Wildman–Crippen LogP) is 5.19. The Labute approximate surface area is 197 Å². The van der Waals surface area contributed by atoms with Gasteiger partial charge in [-0.05, 0) is 34.9 Å². The molecule has 170 valence electrons. The van der Waals surface area contributed by atoms with E-state index in [9.17, 15) is 9.90 Å². The predicted molar refractivity (Wildman–Crippen MR) is 129 cm³/mol. The second-order valence-electron chi connectivity index (χ2n) is 7.72. The van der Waals surface area contributed by atoms with E-state index in [4.69, 9.17) is 21.1 Å². The highest BCUT2D eigenvalue weighted by Gasteiger charge is 2.20. The summed E-state index contributed by atoms with van der Waals surface area (Å²) in [6, 6.07) is 20.4. The molecule has 1 atom stereocenters. The smallest absolute Gasteiger partial charge is 0.321 e. The molecule has 4 rings (SSSR count). The molecule has 3 aromatic carbocycles. The van der Waals surface area contributed by atoms with Crippen molar-refractivity contribution in [3.05, 3.63) is 94.6 Å². The molecule has 0 aliphatic heterocycles. The number of aromatic amines is 1. The van der Waals surface area contributed by atoms with Gasteiger partial charge in [-0.15, -0.1) is 0 Å². The fourth-order valence-corrected chi connectivity index (χ4v) is 4.04. The van der Waals surface area contributed by atoms with Crippen molar-refractivity contribution in [3.8, 4) is 11.5 Å². The summed E-state index contributed by atoms with van der Waals surface area (Å²) < 4.78 is 11.4. The van der Waals surface area contributed by atoms with Gasteiger partial charge in [-0.25, -0.2) is 0 Å². The first kappa shape index (κ1) is 22.7. The Morgan fingerprint density at radius 2 is 1.85 bits per heavy atom. The van der Waals surface area contributed by atoms with Gasteiger partial charge in [0.05, 0.1) is 12.1 Å². The lowest BCUT2D eigenvalue weighted by Crippen LogP contribution is -2.38. The van der Waals surface area contributed by atoms with Crippen molar-refractivity contribution in [2.45, 2.75) is 25.6 Å². The Bertz CT molecular complexity index is 1240. The van der Waals surface area contributed by atoms with Crippen molar-refractivity contribution in [1.82, 2.24) is 10.3 Å². The van der Waals surface area contributed by atoms with Crippen molar-refractivity contribution in [2.24, 2.45) is 0 Å². The first-order valence-electron chi connectivity index (χ1n) is 10.6. The van der Waals surface area contributed by atoms with E-state index in [1.165, 1.54) is 0 Å². The number of carboxylic acid groups (broad SMARTS) is 1. The average molecular weight is 465 g/mol. The molecule has 0 fully saturated rings. The Balaban J connectivity index is 1.45. The van der Waals surface area contributed by atoms with Crippen molar-refractivity contribution >= 4 is 28.5 Å². The van der Waals surface area contributed by atoms with Gasteiger partial charge in [-0.1, -0.05) is 60.1 Å². The number of benzene rings is 3. The van der Waals surface area contributed by atoms with Gasteiger partial charge in [-0.2, -0.15) is 0 Å². The van der Waals surface area contributed by atoms with Crippen molar-refractivity contribution in [3.63, 3.8) is 0 Å². The lowest BCUT2D eigenvalue weighted by atomic mass is 10.0. The lowest BCUT2D eigenvalue weighted by Gasteiger charge is -2.17. The van der Waals surface area contributed by atoms with Gasteiger partial charge in [0.1, 0.15) is 12.6 Å². The molecule has 4 aromatic rings. The lowest BCUT2D eigenvalue weighted by molar-refractivity contribution is -0.139. The molecule has 1 aromatic heterocycles. The van der Waals surface area contributed by atoms with Crippen LogP contribution in [0.3, 0.4) is 0 Å². The molecule has 3 N–H and O–H groups in total. The van der Waals surface area contributed by atoms with Crippen LogP contribution < -0.4 is 14.8 Å². The number of H-pyrrole nitrogens is 1. The molecule has 0 amide bonds. The SMILES string of the molecule is COc1cc(CN[C@@H](Cc2c[nH]c3ccccc23)C(=O)O)cc(Cl)c1OCc1ccccc1. The van der Waals surface area contributed by atoms with Crippen LogP contribution in [-0.2, 0) is 24.4 Å². The van der Waals surface area contributed by atoms with Gasteiger partial charge in [0.2, 0.25) is 0 Å². The van der Waals surface area contributed by atoms with Crippen LogP contribution in [0.1, 0.15) is 16.7 Å². The minimum absolute atomic E-state index is 0.314. The largest absolute Gasteiger partial charge is 0.493 e. The van der Waals surface area contributed by atoms with Crippen LogP contribution >= 0.6 is 11.6 Å². The van der Waals surface area contributed by atoms with Gasteiger partial charge in [-0.3, -0.25) is 4.79 Å². The van der Waals surface area contributed by atoms with Gasteiger partial charge in [0, 0.05) is 30.1 Å². The molecule has 0 bridgehead atoms. The molecule has 33 heavy (non-hydrogen) atoms. The first-order chi connectivity index (χ1) is 16.0. The second kappa shape index (κ2) is 10.4. The highest BCUT2D eigenvalue weighted by atomic mass is 35.5. The van der Waals surface area contributed by atoms with Crippen LogP contribution in [0.4, 0.5) is 0 Å². The zero-order chi connectivity index (χ0) is 23.2. The third-order valence-corrected chi connectivity index (χ3v) is 5.75. The number of methoxy groups -OCH3 is 1. The van der Waals surface area contributed by atoms with Crippen LogP contribution in [0.25, 0.3) is 10.9 Å². The topological polar surface area (TPSA) is 83.6 Å². The van der Waals surface area contributed by atoms with E-state index >= 15 is 0 Å². The summed E-state index contributed by atoms with van der Waals surface area (Å²) in [5.41, 5.74) is 3.75. The summed E-state index contributed by atoms with van der Waals surface area (Å²) in [6.07, 6.45) is 2.21. The number of halogens is 1. The molecule has 0 saturated heterocycles. The van der Waals surface area contributed by atoms with Crippen LogP contribution in [0, 0.1) is 0 Å². The van der Waals surface area contributed by atoms with Gasteiger partial charge < -0.3 is 24.9 Å². The van der Waals surface area contributed by atoms with E-state index in [2.05, 4.69) is 10.3 Å². The third-order valence-electron chi connectivity index (χ3n) is 5.46. The van der Waals surface area contributed by atoms with Crippen molar-refractivity contribution in [1.29, 1.82) is 0 Å². The Hall–Kier alpha value is -3.48. The molecule has 7 heteroatoms. The standard InChI is InChI=1S/C26H25ClN2O4/c1-32-24-12-18(11-21(27)25(24)33-16-17-7-3-2-4-8-17)14-28-23(26(30)31)13-19-15-29-22-10-6-5-9-20(19)22/h2-12,15,23,28-29H,13-14,16H2,1H3,(H,30,31)/t23-/m0/s1. The fourth-order valence-electron chi connectivity index (χ4n) is 3.75. The summed E-state index contributed by atoms with van der Waals surface area (Å²) in [5, 5.41) is 14.3. The summed E-state index contributed by atoms with van der Waals surface area (Å²) >= 11 is 6.48. The molecule has 0 spiro atoms. The molecule has 0 saturated carbocycles. The molecule has 0 radical (unpaired) electrons. The number of para-hydroxylation sites is 1. The zero-order valence-corrected chi connectivity index (χ0v) is 18.9. The minimum Gasteiger partial charge on any atom is -0.493 e. The summed E-state index contributed by atoms with van der Waals surface area (Å²) in [5.74, 6) is 0.0419. The first-order valence-corrected chi connectivity index (χ1v) is 11.0. The maximum absolute atomic E-state index is 11.9. The number of aliphatic carboxylic acids is 1. The fraction of sp³-hybridized carbons (Fsp3) is 0.192. The highest BCUT2D eigenvalue weighted by Crippen LogP contribution is 2.37. The van der Waals surface area contributed by atoms with E-state index in [1.807, 2.05) is 66.9 Å². The molecular weight excluding hydrogens is 440 g/mol. The second-order valence-corrected chi connectivity index (χ2v) is 8.13. The molecule has 6 nitrogen and oxygen atoms in total. The number of hydrogen-bond donors (Lipinski definition) is 3. The van der Waals surface area contributed by atoms with Crippen molar-refractivity contribution in [2.75, 3.05) is 7.11 Å². The van der Waals surface area contributed by atoms with E-state index in [1.54, 1.807) is 13.2 Å². The number of nitrogens with one attached hydrogen (secondary N) is 2. The summed E-state index contributed by atoms with van der Waals surface area (Å²) in [7, 11) is 1.55. The van der Waals surface area contributed by atoms with Gasteiger partial charge in [0.15, 0.2) is 11.5 Å². The van der Waals surface area contributed by atoms with Crippen LogP contribution in [0.5, 0.6) is 11.5 Å². The molecule has 1 heterocycles. The number of hydrogen-bond acceptors (Lipinski definition) is 4. The number of aromatic nitrogens is 1. The van der Waals surface area contributed by atoms with E-state index in [0.29, 0.717) is 36.1 Å². The molecular formula is C26H25ClN2O4. The number of rotatable bonds is 10. The van der Waals surface area contributed by atoms with Gasteiger partial charge >= 0.3 is 5.97 Å². The normalized spacial score (nSPS) is 11.9. The molecule has 0 aliphatic rings. The Morgan fingerprint density at radius 1 is 1.09 bits per heavy atom. The number of fused-ring (bicyclic) bond motifs is 1. The average Bonchev–Trinajstić information content (AvgIpc) is 3.24. The highest BCUT2D eigenvalue weighted by molar-refractivity contribution is 6.32. The Kier molecular flexibility index (Phi) is 7.17. The number of carboxylic acids is 1. The van der Waals surface area contributed by atoms with Crippen molar-refractivity contribution < 1.29 is 19.4 Å². The monoisotopic (exact) mass is 464 g/mol. The Morgan fingerprint density at radius 3 is 2.61 bits per heavy atom. The summed E-state index contributed by atoms with van der Waals surface area (Å²) in [4.78, 5) is 15.1. The molecule has 0 unspecified atom stereocenters. The molecule has 0 aliphatic carbocycles. The van der Waals surface area contributed by atoms with E-state index in [0.717, 1.165) is 27.6 Å². The minimum atomic E-state index is -0.916. The van der Waals surface area contributed by atoms with Gasteiger partial charge in [0.25, 0.3) is 0 Å². The van der Waals surface area contributed by atoms with Crippen LogP contribution in [-0.4, -0.2) is 29.2 Å². The van der Waals surface area contributed by atoms with E-state index < -0.39 is 12.0 Å². The maximum atomic E-state index is 11.9. The van der Waals surface area contributed by atoms with Crippen LogP contribution in [0.2, 0.25) is 5.02 Å². The summed E-state index contributed by atoms with van der Waals surface area (Å²) in [6.45, 7) is 0.675. The number of ether oxygens (including phenoxy) is 2. The third kappa shape index (κ3) is 5.48. The van der Waals surface area contributed by atoms with E-state index in [-0.39, 0.29) is 0 Å². The zero-order valence-electron chi connectivity index (χ0n) is 18.2. The quantitative estimate of drug-likeness (QED) is 0.300.